The Bertz CT molecular complexity index is 659. The van der Waals surface area contributed by atoms with Crippen molar-refractivity contribution in [2.45, 2.75) is 38.5 Å². The molecule has 0 bridgehead atoms. The van der Waals surface area contributed by atoms with Crippen molar-refractivity contribution in [3.8, 4) is 0 Å². The molecule has 1 amide bonds. The van der Waals surface area contributed by atoms with Gasteiger partial charge in [-0.15, -0.1) is 0 Å². The summed E-state index contributed by atoms with van der Waals surface area (Å²) >= 11 is 0. The van der Waals surface area contributed by atoms with Crippen molar-refractivity contribution in [3.05, 3.63) is 30.0 Å². The molecule has 1 spiro atoms. The molecule has 2 heterocycles. The summed E-state index contributed by atoms with van der Waals surface area (Å²) in [5, 5.41) is 8.00. The first-order chi connectivity index (χ1) is 10.3. The molecule has 0 unspecified atom stereocenters. The van der Waals surface area contributed by atoms with Gasteiger partial charge in [-0.2, -0.15) is 5.10 Å². The van der Waals surface area contributed by atoms with Crippen molar-refractivity contribution in [1.29, 1.82) is 0 Å². The molecule has 4 rings (SSSR count). The second-order valence-electron chi connectivity index (χ2n) is 6.67. The van der Waals surface area contributed by atoms with Crippen molar-refractivity contribution in [3.63, 3.8) is 0 Å². The van der Waals surface area contributed by atoms with Gasteiger partial charge in [-0.1, -0.05) is 18.9 Å². The van der Waals surface area contributed by atoms with Crippen LogP contribution in [0.25, 0.3) is 10.9 Å². The maximum Gasteiger partial charge on any atom is 0.253 e. The standard InChI is InChI=1S/C17H21N3O/c21-16(13-3-4-14-12-18-19-15(14)11-13)20-9-7-17(8-10-20)5-1-2-6-17/h3-4,11-12H,1-2,5-10H2,(H,18,19). The molecule has 4 heteroatoms. The van der Waals surface area contributed by atoms with E-state index in [0.29, 0.717) is 5.41 Å². The van der Waals surface area contributed by atoms with E-state index >= 15 is 0 Å². The Morgan fingerprint density at radius 2 is 1.90 bits per heavy atom. The van der Waals surface area contributed by atoms with Crippen LogP contribution in [0.3, 0.4) is 0 Å². The minimum atomic E-state index is 0.166. The number of likely N-dealkylation sites (tertiary alicyclic amines) is 1. The van der Waals surface area contributed by atoms with Crippen LogP contribution in [0.4, 0.5) is 0 Å². The maximum absolute atomic E-state index is 12.7. The zero-order chi connectivity index (χ0) is 14.3. The number of rotatable bonds is 1. The fraction of sp³-hybridized carbons (Fsp3) is 0.529. The van der Waals surface area contributed by atoms with Crippen molar-refractivity contribution in [2.75, 3.05) is 13.1 Å². The van der Waals surface area contributed by atoms with Crippen LogP contribution in [0.2, 0.25) is 0 Å². The molecule has 2 aromatic rings. The summed E-state index contributed by atoms with van der Waals surface area (Å²) in [6.45, 7) is 1.83. The number of nitrogens with zero attached hydrogens (tertiary/aromatic N) is 2. The lowest BCUT2D eigenvalue weighted by molar-refractivity contribution is 0.0587. The number of aromatic amines is 1. The summed E-state index contributed by atoms with van der Waals surface area (Å²) in [7, 11) is 0. The number of carbonyl (C=O) groups excluding carboxylic acids is 1. The molecule has 4 nitrogen and oxygen atoms in total. The van der Waals surface area contributed by atoms with Gasteiger partial charge in [0.1, 0.15) is 0 Å². The van der Waals surface area contributed by atoms with Gasteiger partial charge in [-0.05, 0) is 43.2 Å². The molecule has 1 N–H and O–H groups in total. The Morgan fingerprint density at radius 3 is 2.67 bits per heavy atom. The van der Waals surface area contributed by atoms with Crippen LogP contribution < -0.4 is 0 Å². The summed E-state index contributed by atoms with van der Waals surface area (Å²) < 4.78 is 0. The first-order valence-electron chi connectivity index (χ1n) is 7.98. The molecule has 0 atom stereocenters. The predicted molar refractivity (Wildman–Crippen MR) is 82.1 cm³/mol. The van der Waals surface area contributed by atoms with Crippen LogP contribution in [-0.2, 0) is 0 Å². The second kappa shape index (κ2) is 4.86. The van der Waals surface area contributed by atoms with E-state index in [-0.39, 0.29) is 5.91 Å². The van der Waals surface area contributed by atoms with Gasteiger partial charge in [-0.25, -0.2) is 0 Å². The third kappa shape index (κ3) is 2.23. The minimum absolute atomic E-state index is 0.166. The Balaban J connectivity index is 1.50. The molecular weight excluding hydrogens is 262 g/mol. The van der Waals surface area contributed by atoms with E-state index < -0.39 is 0 Å². The first-order valence-corrected chi connectivity index (χ1v) is 7.98. The average molecular weight is 283 g/mol. The molecule has 110 valence electrons. The number of piperidine rings is 1. The van der Waals surface area contributed by atoms with Gasteiger partial charge in [0.25, 0.3) is 5.91 Å². The van der Waals surface area contributed by atoms with Crippen LogP contribution >= 0.6 is 0 Å². The minimum Gasteiger partial charge on any atom is -0.339 e. The lowest BCUT2D eigenvalue weighted by atomic mass is 9.77. The fourth-order valence-electron chi connectivity index (χ4n) is 4.06. The summed E-state index contributed by atoms with van der Waals surface area (Å²) in [4.78, 5) is 14.7. The smallest absolute Gasteiger partial charge is 0.253 e. The lowest BCUT2D eigenvalue weighted by Crippen LogP contribution is -2.42. The van der Waals surface area contributed by atoms with Crippen LogP contribution in [0.5, 0.6) is 0 Å². The third-order valence-corrected chi connectivity index (χ3v) is 5.46. The number of hydrogen-bond donors (Lipinski definition) is 1. The molecule has 1 saturated heterocycles. The predicted octanol–water partition coefficient (Wildman–Crippen LogP) is 3.36. The van der Waals surface area contributed by atoms with Crippen molar-refractivity contribution < 1.29 is 4.79 Å². The monoisotopic (exact) mass is 283 g/mol. The highest BCUT2D eigenvalue weighted by Gasteiger charge is 2.38. The van der Waals surface area contributed by atoms with E-state index in [9.17, 15) is 4.79 Å². The normalized spacial score (nSPS) is 21.2. The lowest BCUT2D eigenvalue weighted by Gasteiger charge is -2.39. The van der Waals surface area contributed by atoms with E-state index in [4.69, 9.17) is 0 Å². The molecular formula is C17H21N3O. The summed E-state index contributed by atoms with van der Waals surface area (Å²) in [5.74, 6) is 0.166. The quantitative estimate of drug-likeness (QED) is 0.872. The number of fused-ring (bicyclic) bond motifs is 1. The molecule has 1 aliphatic heterocycles. The number of aromatic nitrogens is 2. The van der Waals surface area contributed by atoms with Gasteiger partial charge in [0.05, 0.1) is 11.7 Å². The largest absolute Gasteiger partial charge is 0.339 e. The first kappa shape index (κ1) is 12.9. The Morgan fingerprint density at radius 1 is 1.14 bits per heavy atom. The van der Waals surface area contributed by atoms with Gasteiger partial charge in [0.2, 0.25) is 0 Å². The van der Waals surface area contributed by atoms with E-state index in [1.165, 1.54) is 38.5 Å². The van der Waals surface area contributed by atoms with E-state index in [0.717, 1.165) is 29.6 Å². The fourth-order valence-corrected chi connectivity index (χ4v) is 4.06. The molecule has 21 heavy (non-hydrogen) atoms. The number of benzene rings is 1. The third-order valence-electron chi connectivity index (χ3n) is 5.46. The number of carbonyl (C=O) groups is 1. The zero-order valence-corrected chi connectivity index (χ0v) is 12.3. The SMILES string of the molecule is O=C(c1ccc2cn[nH]c2c1)N1CCC2(CCCC2)CC1. The number of hydrogen-bond acceptors (Lipinski definition) is 2. The second-order valence-corrected chi connectivity index (χ2v) is 6.67. The highest BCUT2D eigenvalue weighted by atomic mass is 16.2. The van der Waals surface area contributed by atoms with Crippen LogP contribution in [-0.4, -0.2) is 34.1 Å². The van der Waals surface area contributed by atoms with E-state index in [2.05, 4.69) is 10.2 Å². The Kier molecular flexibility index (Phi) is 2.98. The number of amides is 1. The molecule has 0 radical (unpaired) electrons. The molecule has 2 aliphatic rings. The highest BCUT2D eigenvalue weighted by Crippen LogP contribution is 2.46. The topological polar surface area (TPSA) is 49.0 Å². The van der Waals surface area contributed by atoms with Crippen molar-refractivity contribution in [1.82, 2.24) is 15.1 Å². The van der Waals surface area contributed by atoms with Crippen LogP contribution in [0.1, 0.15) is 48.9 Å². The molecule has 1 aliphatic carbocycles. The summed E-state index contributed by atoms with van der Waals surface area (Å²) in [6, 6.07) is 5.80. The van der Waals surface area contributed by atoms with Gasteiger partial charge in [0.15, 0.2) is 0 Å². The molecule has 1 aromatic heterocycles. The average Bonchev–Trinajstić information content (AvgIpc) is 3.16. The van der Waals surface area contributed by atoms with Gasteiger partial charge in [0, 0.05) is 24.0 Å². The summed E-state index contributed by atoms with van der Waals surface area (Å²) in [5.41, 5.74) is 2.27. The highest BCUT2D eigenvalue weighted by molar-refractivity contribution is 5.97. The maximum atomic E-state index is 12.7. The van der Waals surface area contributed by atoms with Gasteiger partial charge >= 0.3 is 0 Å². The van der Waals surface area contributed by atoms with E-state index in [1.54, 1.807) is 6.20 Å². The van der Waals surface area contributed by atoms with Crippen molar-refractivity contribution >= 4 is 16.8 Å². The number of H-pyrrole nitrogens is 1. The Labute approximate surface area is 124 Å². The molecule has 2 fully saturated rings. The van der Waals surface area contributed by atoms with Gasteiger partial charge in [-0.3, -0.25) is 9.89 Å². The van der Waals surface area contributed by atoms with Crippen molar-refractivity contribution in [2.24, 2.45) is 5.41 Å². The van der Waals surface area contributed by atoms with Crippen LogP contribution in [0.15, 0.2) is 24.4 Å². The Hall–Kier alpha value is -1.84. The summed E-state index contributed by atoms with van der Waals surface area (Å²) in [6.07, 6.45) is 9.66. The zero-order valence-electron chi connectivity index (χ0n) is 12.3. The van der Waals surface area contributed by atoms with E-state index in [1.807, 2.05) is 23.1 Å². The number of nitrogens with one attached hydrogen (secondary N) is 1. The molecule has 1 aromatic carbocycles. The van der Waals surface area contributed by atoms with Gasteiger partial charge < -0.3 is 4.90 Å². The van der Waals surface area contributed by atoms with Crippen LogP contribution in [0, 0.1) is 5.41 Å². The molecule has 1 saturated carbocycles.